The van der Waals surface area contributed by atoms with Gasteiger partial charge in [0.25, 0.3) is 5.91 Å². The summed E-state index contributed by atoms with van der Waals surface area (Å²) in [7, 11) is 0. The van der Waals surface area contributed by atoms with Gasteiger partial charge in [0.2, 0.25) is 0 Å². The summed E-state index contributed by atoms with van der Waals surface area (Å²) in [5.41, 5.74) is 5.07. The van der Waals surface area contributed by atoms with Crippen LogP contribution < -0.4 is 5.32 Å². The minimum atomic E-state index is -0.252. The average Bonchev–Trinajstić information content (AvgIpc) is 3.39. The lowest BCUT2D eigenvalue weighted by Gasteiger charge is -2.39. The van der Waals surface area contributed by atoms with Crippen LogP contribution in [0.3, 0.4) is 0 Å². The molecule has 0 radical (unpaired) electrons. The topological polar surface area (TPSA) is 88.0 Å². The minimum absolute atomic E-state index is 0.0887. The van der Waals surface area contributed by atoms with Crippen molar-refractivity contribution in [1.82, 2.24) is 19.8 Å². The lowest BCUT2D eigenvalue weighted by atomic mass is 9.96. The molecule has 2 heterocycles. The van der Waals surface area contributed by atoms with E-state index in [0.29, 0.717) is 13.1 Å². The van der Waals surface area contributed by atoms with E-state index in [1.54, 1.807) is 11.2 Å². The molecule has 0 atom stereocenters. The van der Waals surface area contributed by atoms with Crippen molar-refractivity contribution >= 4 is 22.6 Å². The van der Waals surface area contributed by atoms with Crippen LogP contribution in [0.2, 0.25) is 0 Å². The van der Waals surface area contributed by atoms with E-state index in [9.17, 15) is 10.1 Å². The maximum absolute atomic E-state index is 13.1. The molecule has 5 rings (SSSR count). The second-order valence-corrected chi connectivity index (χ2v) is 8.50. The number of piperazine rings is 1. The van der Waals surface area contributed by atoms with Gasteiger partial charge >= 0.3 is 0 Å². The lowest BCUT2D eigenvalue weighted by molar-refractivity contribution is -0.128. The number of carbonyl (C=O) groups is 1. The highest BCUT2D eigenvalue weighted by Gasteiger charge is 2.29. The van der Waals surface area contributed by atoms with Crippen molar-refractivity contribution in [2.24, 2.45) is 0 Å². The molecule has 7 heteroatoms. The normalized spacial score (nSPS) is 14.7. The van der Waals surface area contributed by atoms with Crippen LogP contribution >= 0.6 is 0 Å². The van der Waals surface area contributed by atoms with Gasteiger partial charge in [-0.25, -0.2) is 4.98 Å². The van der Waals surface area contributed by atoms with Crippen LogP contribution in [0.15, 0.2) is 97.0 Å². The summed E-state index contributed by atoms with van der Waals surface area (Å²) in [5.74, 6) is -0.252. The SMILES string of the molecule is N#C/C(=C/Nc1ccc2nc[nH]c2c1)C(=O)N1CCN(C(c2ccccc2)c2ccccc2)CC1. The van der Waals surface area contributed by atoms with Gasteiger partial charge in [0.05, 0.1) is 23.4 Å². The Bertz CT molecular complexity index is 1330. The van der Waals surface area contributed by atoms with E-state index in [2.05, 4.69) is 74.8 Å². The Labute approximate surface area is 204 Å². The molecule has 0 bridgehead atoms. The number of aromatic amines is 1. The highest BCUT2D eigenvalue weighted by atomic mass is 16.2. The van der Waals surface area contributed by atoms with E-state index in [4.69, 9.17) is 0 Å². The Morgan fingerprint density at radius 3 is 2.26 bits per heavy atom. The second kappa shape index (κ2) is 10.2. The van der Waals surface area contributed by atoms with Crippen molar-refractivity contribution in [3.63, 3.8) is 0 Å². The zero-order valence-electron chi connectivity index (χ0n) is 19.3. The molecule has 1 aromatic heterocycles. The van der Waals surface area contributed by atoms with Gasteiger partial charge in [0.1, 0.15) is 11.6 Å². The molecular formula is C28H26N6O. The predicted molar refractivity (Wildman–Crippen MR) is 136 cm³/mol. The van der Waals surface area contributed by atoms with Gasteiger partial charge in [-0.1, -0.05) is 60.7 Å². The first-order valence-electron chi connectivity index (χ1n) is 11.7. The Morgan fingerprint density at radius 1 is 0.971 bits per heavy atom. The Hall–Kier alpha value is -4.41. The van der Waals surface area contributed by atoms with Crippen LogP contribution in [-0.2, 0) is 4.79 Å². The summed E-state index contributed by atoms with van der Waals surface area (Å²) >= 11 is 0. The summed E-state index contributed by atoms with van der Waals surface area (Å²) < 4.78 is 0. The third-order valence-electron chi connectivity index (χ3n) is 6.35. The van der Waals surface area contributed by atoms with Crippen LogP contribution in [0.4, 0.5) is 5.69 Å². The second-order valence-electron chi connectivity index (χ2n) is 8.50. The molecule has 7 nitrogen and oxygen atoms in total. The number of imidazole rings is 1. The van der Waals surface area contributed by atoms with Crippen LogP contribution in [-0.4, -0.2) is 51.9 Å². The number of nitriles is 1. The first-order chi connectivity index (χ1) is 17.2. The van der Waals surface area contributed by atoms with E-state index in [1.165, 1.54) is 17.3 Å². The standard InChI is InChI=1S/C28H26N6O/c29-18-23(19-30-24-11-12-25-26(17-24)32-20-31-25)28(35)34-15-13-33(14-16-34)27(21-7-3-1-4-8-21)22-9-5-2-6-10-22/h1-12,17,19-20,27,30H,13-16H2,(H,31,32)/b23-19-. The number of benzene rings is 3. The van der Waals surface area contributed by atoms with E-state index in [1.807, 2.05) is 30.3 Å². The third-order valence-corrected chi connectivity index (χ3v) is 6.35. The molecule has 3 aromatic carbocycles. The van der Waals surface area contributed by atoms with Crippen LogP contribution in [0.1, 0.15) is 17.2 Å². The number of hydrogen-bond donors (Lipinski definition) is 2. The molecule has 0 unspecified atom stereocenters. The maximum Gasteiger partial charge on any atom is 0.266 e. The zero-order valence-corrected chi connectivity index (χ0v) is 19.3. The van der Waals surface area contributed by atoms with Crippen molar-refractivity contribution in [3.8, 4) is 6.07 Å². The molecule has 1 aliphatic heterocycles. The summed E-state index contributed by atoms with van der Waals surface area (Å²) in [5, 5.41) is 12.7. The third kappa shape index (κ3) is 4.93. The molecule has 35 heavy (non-hydrogen) atoms. The quantitative estimate of drug-likeness (QED) is 0.329. The summed E-state index contributed by atoms with van der Waals surface area (Å²) in [6, 6.07) is 28.7. The van der Waals surface area contributed by atoms with Crippen molar-refractivity contribution < 1.29 is 4.79 Å². The van der Waals surface area contributed by atoms with Gasteiger partial charge in [-0.3, -0.25) is 9.69 Å². The maximum atomic E-state index is 13.1. The number of H-pyrrole nitrogens is 1. The predicted octanol–water partition coefficient (Wildman–Crippen LogP) is 4.32. The summed E-state index contributed by atoms with van der Waals surface area (Å²) in [6.07, 6.45) is 3.12. The fourth-order valence-corrected chi connectivity index (χ4v) is 4.56. The van der Waals surface area contributed by atoms with Gasteiger partial charge in [-0.05, 0) is 29.3 Å². The van der Waals surface area contributed by atoms with Crippen LogP contribution in [0.5, 0.6) is 0 Å². The fraction of sp³-hybridized carbons (Fsp3) is 0.179. The number of carbonyl (C=O) groups excluding carboxylic acids is 1. The monoisotopic (exact) mass is 462 g/mol. The first-order valence-corrected chi connectivity index (χ1v) is 11.7. The van der Waals surface area contributed by atoms with Crippen molar-refractivity contribution in [1.29, 1.82) is 5.26 Å². The Kier molecular flexibility index (Phi) is 6.55. The molecule has 1 fully saturated rings. The van der Waals surface area contributed by atoms with Gasteiger partial charge in [0, 0.05) is 38.1 Å². The molecule has 2 N–H and O–H groups in total. The highest BCUT2D eigenvalue weighted by Crippen LogP contribution is 2.29. The van der Waals surface area contributed by atoms with Crippen molar-refractivity contribution in [2.45, 2.75) is 6.04 Å². The zero-order chi connectivity index (χ0) is 24.0. The van der Waals surface area contributed by atoms with Crippen molar-refractivity contribution in [3.05, 3.63) is 108 Å². The van der Waals surface area contributed by atoms with E-state index in [0.717, 1.165) is 29.8 Å². The molecule has 1 saturated heterocycles. The van der Waals surface area contributed by atoms with Gasteiger partial charge in [-0.15, -0.1) is 0 Å². The molecule has 1 amide bonds. The number of aromatic nitrogens is 2. The lowest BCUT2D eigenvalue weighted by Crippen LogP contribution is -2.50. The molecule has 4 aromatic rings. The van der Waals surface area contributed by atoms with Gasteiger partial charge < -0.3 is 15.2 Å². The summed E-state index contributed by atoms with van der Waals surface area (Å²) in [6.45, 7) is 2.58. The Balaban J connectivity index is 1.27. The highest BCUT2D eigenvalue weighted by molar-refractivity contribution is 5.97. The number of nitrogens with one attached hydrogen (secondary N) is 2. The molecular weight excluding hydrogens is 436 g/mol. The number of rotatable bonds is 6. The number of fused-ring (bicyclic) bond motifs is 1. The van der Waals surface area contributed by atoms with Crippen LogP contribution in [0.25, 0.3) is 11.0 Å². The summed E-state index contributed by atoms with van der Waals surface area (Å²) in [4.78, 5) is 24.5. The molecule has 0 saturated carbocycles. The number of amides is 1. The Morgan fingerprint density at radius 2 is 1.63 bits per heavy atom. The van der Waals surface area contributed by atoms with E-state index >= 15 is 0 Å². The largest absolute Gasteiger partial charge is 0.360 e. The fourth-order valence-electron chi connectivity index (χ4n) is 4.56. The van der Waals surface area contributed by atoms with E-state index < -0.39 is 0 Å². The van der Waals surface area contributed by atoms with Gasteiger partial charge in [-0.2, -0.15) is 5.26 Å². The van der Waals surface area contributed by atoms with Gasteiger partial charge in [0.15, 0.2) is 0 Å². The number of anilines is 1. The smallest absolute Gasteiger partial charge is 0.266 e. The number of hydrogen-bond acceptors (Lipinski definition) is 5. The molecule has 174 valence electrons. The molecule has 0 aliphatic carbocycles. The molecule has 1 aliphatic rings. The average molecular weight is 463 g/mol. The molecule has 0 spiro atoms. The van der Waals surface area contributed by atoms with Crippen molar-refractivity contribution in [2.75, 3.05) is 31.5 Å². The van der Waals surface area contributed by atoms with Crippen LogP contribution in [0, 0.1) is 11.3 Å². The first kappa shape index (κ1) is 22.4. The number of nitrogens with zero attached hydrogens (tertiary/aromatic N) is 4. The minimum Gasteiger partial charge on any atom is -0.360 e. The van der Waals surface area contributed by atoms with E-state index in [-0.39, 0.29) is 17.5 Å².